The van der Waals surface area contributed by atoms with Gasteiger partial charge >= 0.3 is 0 Å². The van der Waals surface area contributed by atoms with E-state index in [0.29, 0.717) is 18.1 Å². The molecule has 0 bridgehead atoms. The van der Waals surface area contributed by atoms with E-state index in [1.807, 2.05) is 13.8 Å². The smallest absolute Gasteiger partial charge is 0.236 e. The second-order valence-corrected chi connectivity index (χ2v) is 7.23. The molecule has 1 saturated heterocycles. The number of ether oxygens (including phenoxy) is 1. The molecule has 1 aromatic carbocycles. The summed E-state index contributed by atoms with van der Waals surface area (Å²) in [5.74, 6) is 0. The van der Waals surface area contributed by atoms with Crippen molar-refractivity contribution in [1.29, 1.82) is 0 Å². The zero-order valence-electron chi connectivity index (χ0n) is 11.5. The second kappa shape index (κ2) is 6.26. The Morgan fingerprint density at radius 1 is 1.20 bits per heavy atom. The first-order valence-corrected chi connectivity index (χ1v) is 8.34. The highest BCUT2D eigenvalue weighted by molar-refractivity contribution is 7.92. The van der Waals surface area contributed by atoms with Crippen molar-refractivity contribution in [3.63, 3.8) is 0 Å². The summed E-state index contributed by atoms with van der Waals surface area (Å²) in [4.78, 5) is 0. The van der Waals surface area contributed by atoms with Crippen molar-refractivity contribution in [3.8, 4) is 0 Å². The molecule has 0 spiro atoms. The molecule has 0 amide bonds. The average molecular weight is 316 g/mol. The number of nitrogens with zero attached hydrogens (tertiary/aromatic N) is 1. The Morgan fingerprint density at radius 3 is 2.30 bits per heavy atom. The molecule has 1 heterocycles. The maximum absolute atomic E-state index is 12.3. The van der Waals surface area contributed by atoms with Crippen LogP contribution in [0.15, 0.2) is 29.7 Å². The van der Waals surface area contributed by atoms with E-state index in [1.165, 1.54) is 9.71 Å². The summed E-state index contributed by atoms with van der Waals surface area (Å²) in [7, 11) is -3.42. The molecule has 0 aromatic heterocycles. The molecule has 1 aliphatic rings. The monoisotopic (exact) mass is 315 g/mol. The van der Waals surface area contributed by atoms with E-state index in [2.05, 4.69) is 0 Å². The van der Waals surface area contributed by atoms with Crippen molar-refractivity contribution in [3.05, 3.63) is 40.3 Å². The number of rotatable bonds is 3. The number of morpholine rings is 1. The van der Waals surface area contributed by atoms with Crippen LogP contribution in [-0.4, -0.2) is 38.0 Å². The first-order chi connectivity index (χ1) is 9.37. The predicted molar refractivity (Wildman–Crippen MR) is 81.0 cm³/mol. The van der Waals surface area contributed by atoms with E-state index in [4.69, 9.17) is 16.3 Å². The van der Waals surface area contributed by atoms with E-state index in [-0.39, 0.29) is 12.2 Å². The van der Waals surface area contributed by atoms with Gasteiger partial charge in [0.05, 0.1) is 12.2 Å². The molecule has 20 heavy (non-hydrogen) atoms. The van der Waals surface area contributed by atoms with Gasteiger partial charge in [0.2, 0.25) is 10.0 Å². The Kier molecular flexibility index (Phi) is 4.86. The minimum atomic E-state index is -3.42. The predicted octanol–water partition coefficient (Wildman–Crippen LogP) is 2.75. The highest BCUT2D eigenvalue weighted by atomic mass is 35.5. The van der Waals surface area contributed by atoms with Crippen LogP contribution in [0.4, 0.5) is 0 Å². The van der Waals surface area contributed by atoms with Crippen LogP contribution in [0.2, 0.25) is 5.02 Å². The van der Waals surface area contributed by atoms with Crippen LogP contribution in [0.1, 0.15) is 19.4 Å². The van der Waals surface area contributed by atoms with Crippen molar-refractivity contribution < 1.29 is 13.2 Å². The van der Waals surface area contributed by atoms with Crippen LogP contribution in [0, 0.1) is 0 Å². The van der Waals surface area contributed by atoms with E-state index in [1.54, 1.807) is 30.3 Å². The molecule has 0 unspecified atom stereocenters. The number of hydrogen-bond donors (Lipinski definition) is 0. The van der Waals surface area contributed by atoms with Crippen molar-refractivity contribution in [1.82, 2.24) is 4.31 Å². The van der Waals surface area contributed by atoms with Crippen LogP contribution >= 0.6 is 11.6 Å². The SMILES string of the molecule is C[C@@H]1CN(S(=O)(=O)/C=C/c2ccc(Cl)cc2)C[C@H](C)O1. The topological polar surface area (TPSA) is 46.6 Å². The van der Waals surface area contributed by atoms with Crippen molar-refractivity contribution in [2.24, 2.45) is 0 Å². The number of halogens is 1. The van der Waals surface area contributed by atoms with Crippen molar-refractivity contribution in [2.45, 2.75) is 26.1 Å². The second-order valence-electron chi connectivity index (χ2n) is 4.97. The molecule has 1 aromatic rings. The zero-order chi connectivity index (χ0) is 14.8. The molecule has 1 aliphatic heterocycles. The Labute approximate surface area is 125 Å². The van der Waals surface area contributed by atoms with Crippen LogP contribution in [0.25, 0.3) is 6.08 Å². The van der Waals surface area contributed by atoms with Gasteiger partial charge in [0, 0.05) is 23.5 Å². The summed E-state index contributed by atoms with van der Waals surface area (Å²) in [6.45, 7) is 4.53. The van der Waals surface area contributed by atoms with E-state index >= 15 is 0 Å². The molecule has 0 N–H and O–H groups in total. The number of hydrogen-bond acceptors (Lipinski definition) is 3. The number of sulfonamides is 1. The first-order valence-electron chi connectivity index (χ1n) is 6.46. The van der Waals surface area contributed by atoms with Gasteiger partial charge in [0.15, 0.2) is 0 Å². The molecule has 0 aliphatic carbocycles. The Hall–Kier alpha value is -0.880. The molecule has 6 heteroatoms. The van der Waals surface area contributed by atoms with Gasteiger partial charge in [0.25, 0.3) is 0 Å². The molecule has 0 saturated carbocycles. The van der Waals surface area contributed by atoms with Gasteiger partial charge in [-0.05, 0) is 37.6 Å². The molecule has 4 nitrogen and oxygen atoms in total. The average Bonchev–Trinajstić information content (AvgIpc) is 2.37. The normalized spacial score (nSPS) is 25.1. The molecule has 0 radical (unpaired) electrons. The molecule has 110 valence electrons. The minimum Gasteiger partial charge on any atom is -0.373 e. The van der Waals surface area contributed by atoms with Gasteiger partial charge in [-0.15, -0.1) is 0 Å². The maximum atomic E-state index is 12.3. The Balaban J connectivity index is 2.12. The highest BCUT2D eigenvalue weighted by Crippen LogP contribution is 2.17. The number of benzene rings is 1. The molecule has 1 fully saturated rings. The van der Waals surface area contributed by atoms with E-state index in [0.717, 1.165) is 5.56 Å². The summed E-state index contributed by atoms with van der Waals surface area (Å²) in [5.41, 5.74) is 0.798. The van der Waals surface area contributed by atoms with E-state index in [9.17, 15) is 8.42 Å². The van der Waals surface area contributed by atoms with Crippen LogP contribution in [0.5, 0.6) is 0 Å². The fraction of sp³-hybridized carbons (Fsp3) is 0.429. The summed E-state index contributed by atoms with van der Waals surface area (Å²) in [6.07, 6.45) is 1.41. The maximum Gasteiger partial charge on any atom is 0.236 e. The molecule has 2 atom stereocenters. The van der Waals surface area contributed by atoms with Crippen molar-refractivity contribution in [2.75, 3.05) is 13.1 Å². The lowest BCUT2D eigenvalue weighted by Crippen LogP contribution is -2.47. The van der Waals surface area contributed by atoms with Crippen LogP contribution in [-0.2, 0) is 14.8 Å². The third-order valence-corrected chi connectivity index (χ3v) is 4.80. The third-order valence-electron chi connectivity index (χ3n) is 3.05. The quantitative estimate of drug-likeness (QED) is 0.861. The lowest BCUT2D eigenvalue weighted by molar-refractivity contribution is -0.0437. The molecule has 2 rings (SSSR count). The Bertz CT molecular complexity index is 573. The third kappa shape index (κ3) is 4.06. The molecular weight excluding hydrogens is 298 g/mol. The van der Waals surface area contributed by atoms with Gasteiger partial charge < -0.3 is 4.74 Å². The lowest BCUT2D eigenvalue weighted by Gasteiger charge is -2.33. The fourth-order valence-corrected chi connectivity index (χ4v) is 3.63. The van der Waals surface area contributed by atoms with E-state index < -0.39 is 10.0 Å². The minimum absolute atomic E-state index is 0.0857. The van der Waals surface area contributed by atoms with Crippen LogP contribution < -0.4 is 0 Å². The summed E-state index contributed by atoms with van der Waals surface area (Å²) >= 11 is 5.79. The summed E-state index contributed by atoms with van der Waals surface area (Å²) < 4.78 is 31.5. The highest BCUT2D eigenvalue weighted by Gasteiger charge is 2.29. The fourth-order valence-electron chi connectivity index (χ4n) is 2.16. The lowest BCUT2D eigenvalue weighted by atomic mass is 10.2. The molecular formula is C14H18ClNO3S. The van der Waals surface area contributed by atoms with Gasteiger partial charge in [-0.2, -0.15) is 4.31 Å². The van der Waals surface area contributed by atoms with Gasteiger partial charge in [0.1, 0.15) is 0 Å². The largest absolute Gasteiger partial charge is 0.373 e. The van der Waals surface area contributed by atoms with Crippen LogP contribution in [0.3, 0.4) is 0 Å². The summed E-state index contributed by atoms with van der Waals surface area (Å²) in [5, 5.41) is 1.86. The standard InChI is InChI=1S/C14H18ClNO3S/c1-11-9-16(10-12(2)19-11)20(17,18)8-7-13-3-5-14(15)6-4-13/h3-8,11-12H,9-10H2,1-2H3/b8-7+/t11-,12+. The van der Waals surface area contributed by atoms with Crippen molar-refractivity contribution >= 4 is 27.7 Å². The first kappa shape index (κ1) is 15.5. The summed E-state index contributed by atoms with van der Waals surface area (Å²) in [6, 6.07) is 7.01. The van der Waals surface area contributed by atoms with Gasteiger partial charge in [-0.3, -0.25) is 0 Å². The zero-order valence-corrected chi connectivity index (χ0v) is 13.1. The Morgan fingerprint density at radius 2 is 1.75 bits per heavy atom. The van der Waals surface area contributed by atoms with Gasteiger partial charge in [-0.1, -0.05) is 23.7 Å². The van der Waals surface area contributed by atoms with Gasteiger partial charge in [-0.25, -0.2) is 8.42 Å².